The van der Waals surface area contributed by atoms with E-state index in [0.717, 1.165) is 16.5 Å². The maximum atomic E-state index is 12.0. The molecule has 0 atom stereocenters. The molecule has 2 aromatic carbocycles. The molecule has 0 spiro atoms. The lowest BCUT2D eigenvalue weighted by Gasteiger charge is -2.07. The first kappa shape index (κ1) is 19.5. The molecular formula is C18H18N2O5S. The van der Waals surface area contributed by atoms with Gasteiger partial charge in [0.2, 0.25) is 0 Å². The molecule has 0 fully saturated rings. The Morgan fingerprint density at radius 1 is 1.19 bits per heavy atom. The van der Waals surface area contributed by atoms with E-state index in [1.165, 1.54) is 23.9 Å². The Labute approximate surface area is 154 Å². The van der Waals surface area contributed by atoms with E-state index in [0.29, 0.717) is 11.4 Å². The van der Waals surface area contributed by atoms with Gasteiger partial charge in [-0.1, -0.05) is 29.5 Å². The lowest BCUT2D eigenvalue weighted by molar-refractivity contribution is -0.387. The summed E-state index contributed by atoms with van der Waals surface area (Å²) >= 11 is 1.24. The van der Waals surface area contributed by atoms with Crippen LogP contribution >= 0.6 is 11.8 Å². The molecule has 26 heavy (non-hydrogen) atoms. The average Bonchev–Trinajstić information content (AvgIpc) is 2.62. The second-order valence-corrected chi connectivity index (χ2v) is 6.50. The van der Waals surface area contributed by atoms with E-state index >= 15 is 0 Å². The fraction of sp³-hybridized carbons (Fsp3) is 0.222. The third-order valence-electron chi connectivity index (χ3n) is 3.35. The molecule has 2 aromatic rings. The molecule has 7 nitrogen and oxygen atoms in total. The molecule has 0 aromatic heterocycles. The monoisotopic (exact) mass is 374 g/mol. The van der Waals surface area contributed by atoms with Gasteiger partial charge in [0.05, 0.1) is 15.4 Å². The van der Waals surface area contributed by atoms with Crippen molar-refractivity contribution in [3.05, 3.63) is 63.7 Å². The van der Waals surface area contributed by atoms with Gasteiger partial charge in [0.1, 0.15) is 0 Å². The number of ether oxygens (including phenoxy) is 1. The lowest BCUT2D eigenvalue weighted by atomic mass is 10.2. The highest BCUT2D eigenvalue weighted by molar-refractivity contribution is 7.99. The number of nitrogens with one attached hydrogen (secondary N) is 1. The molecule has 0 radical (unpaired) electrons. The van der Waals surface area contributed by atoms with E-state index in [9.17, 15) is 19.7 Å². The Kier molecular flexibility index (Phi) is 6.74. The van der Waals surface area contributed by atoms with E-state index in [1.807, 2.05) is 31.2 Å². The summed E-state index contributed by atoms with van der Waals surface area (Å²) in [5, 5.41) is 13.9. The fourth-order valence-corrected chi connectivity index (χ4v) is 2.97. The topological polar surface area (TPSA) is 98.5 Å². The largest absolute Gasteiger partial charge is 0.452 e. The van der Waals surface area contributed by atoms with Crippen LogP contribution in [-0.4, -0.2) is 30.0 Å². The van der Waals surface area contributed by atoms with Gasteiger partial charge in [-0.25, -0.2) is 4.79 Å². The first-order chi connectivity index (χ1) is 12.4. The number of amides is 1. The summed E-state index contributed by atoms with van der Waals surface area (Å²) in [6, 6.07) is 11.7. The third kappa shape index (κ3) is 5.32. The summed E-state index contributed by atoms with van der Waals surface area (Å²) in [4.78, 5) is 35.4. The van der Waals surface area contributed by atoms with Crippen LogP contribution in [0, 0.1) is 17.0 Å². The smallest absolute Gasteiger partial charge is 0.338 e. The van der Waals surface area contributed by atoms with Gasteiger partial charge in [-0.15, -0.1) is 0 Å². The van der Waals surface area contributed by atoms with Crippen LogP contribution in [0.5, 0.6) is 0 Å². The second-order valence-electron chi connectivity index (χ2n) is 5.38. The number of aryl methyl sites for hydroxylation is 1. The molecule has 0 aliphatic rings. The van der Waals surface area contributed by atoms with Crippen molar-refractivity contribution in [3.8, 4) is 0 Å². The molecule has 0 aliphatic heterocycles. The highest BCUT2D eigenvalue weighted by Gasteiger charge is 2.19. The number of nitro benzene ring substituents is 1. The van der Waals surface area contributed by atoms with Crippen molar-refractivity contribution in [2.24, 2.45) is 0 Å². The summed E-state index contributed by atoms with van der Waals surface area (Å²) in [7, 11) is 0. The van der Waals surface area contributed by atoms with Crippen LogP contribution in [-0.2, 0) is 9.53 Å². The molecule has 8 heteroatoms. The quantitative estimate of drug-likeness (QED) is 0.453. The van der Waals surface area contributed by atoms with Gasteiger partial charge in [-0.05, 0) is 38.1 Å². The zero-order valence-electron chi connectivity index (χ0n) is 14.4. The number of hydrogen-bond donors (Lipinski definition) is 1. The molecule has 0 aliphatic carbocycles. The Morgan fingerprint density at radius 3 is 2.50 bits per heavy atom. The maximum absolute atomic E-state index is 12.0. The van der Waals surface area contributed by atoms with Crippen LogP contribution in [0.15, 0.2) is 52.3 Å². The van der Waals surface area contributed by atoms with Crippen LogP contribution in [0.2, 0.25) is 0 Å². The minimum Gasteiger partial charge on any atom is -0.452 e. The number of esters is 1. The van der Waals surface area contributed by atoms with Gasteiger partial charge in [0.15, 0.2) is 6.61 Å². The molecule has 136 valence electrons. The molecular weight excluding hydrogens is 356 g/mol. The van der Waals surface area contributed by atoms with Gasteiger partial charge in [-0.3, -0.25) is 14.9 Å². The number of benzene rings is 2. The van der Waals surface area contributed by atoms with Crippen molar-refractivity contribution < 1.29 is 19.2 Å². The molecule has 0 unspecified atom stereocenters. The standard InChI is InChI=1S/C18H18N2O5S/c1-3-19-17(21)11-25-18(22)13-6-9-16(15(10-13)20(23)24)26-14-7-4-12(2)5-8-14/h4-10H,3,11H2,1-2H3,(H,19,21). The molecule has 1 N–H and O–H groups in total. The number of nitro groups is 1. The zero-order valence-corrected chi connectivity index (χ0v) is 15.2. The molecule has 2 rings (SSSR count). The number of rotatable bonds is 7. The molecule has 0 saturated carbocycles. The Morgan fingerprint density at radius 2 is 1.88 bits per heavy atom. The fourth-order valence-electron chi connectivity index (χ4n) is 2.07. The first-order valence-corrected chi connectivity index (χ1v) is 8.69. The molecule has 1 amide bonds. The minimum atomic E-state index is -0.786. The molecule has 0 bridgehead atoms. The van der Waals surface area contributed by atoms with Crippen molar-refractivity contribution in [3.63, 3.8) is 0 Å². The van der Waals surface area contributed by atoms with Crippen LogP contribution in [0.4, 0.5) is 5.69 Å². The van der Waals surface area contributed by atoms with E-state index < -0.39 is 23.4 Å². The highest BCUT2D eigenvalue weighted by atomic mass is 32.2. The van der Waals surface area contributed by atoms with Gasteiger partial charge < -0.3 is 10.1 Å². The Hall–Kier alpha value is -2.87. The zero-order chi connectivity index (χ0) is 19.1. The van der Waals surface area contributed by atoms with Gasteiger partial charge in [0, 0.05) is 17.5 Å². The Balaban J connectivity index is 2.17. The van der Waals surface area contributed by atoms with E-state index in [-0.39, 0.29) is 11.3 Å². The number of carbonyl (C=O) groups excluding carboxylic acids is 2. The van der Waals surface area contributed by atoms with E-state index in [4.69, 9.17) is 4.74 Å². The van der Waals surface area contributed by atoms with Crippen molar-refractivity contribution >= 4 is 29.3 Å². The SMILES string of the molecule is CCNC(=O)COC(=O)c1ccc(Sc2ccc(C)cc2)c([N+](=O)[O-])c1. The van der Waals surface area contributed by atoms with E-state index in [2.05, 4.69) is 5.32 Å². The summed E-state index contributed by atoms with van der Waals surface area (Å²) in [5.74, 6) is -1.21. The lowest BCUT2D eigenvalue weighted by Crippen LogP contribution is -2.28. The number of likely N-dealkylation sites (N-methyl/N-ethyl adjacent to an activating group) is 1. The number of carbonyl (C=O) groups is 2. The minimum absolute atomic E-state index is 0.0225. The van der Waals surface area contributed by atoms with Crippen LogP contribution in [0.25, 0.3) is 0 Å². The normalized spacial score (nSPS) is 10.2. The van der Waals surface area contributed by atoms with Crippen LogP contribution in [0.3, 0.4) is 0 Å². The van der Waals surface area contributed by atoms with Gasteiger partial charge >= 0.3 is 5.97 Å². The van der Waals surface area contributed by atoms with Crippen LogP contribution in [0.1, 0.15) is 22.8 Å². The van der Waals surface area contributed by atoms with Crippen molar-refractivity contribution in [1.29, 1.82) is 0 Å². The summed E-state index contributed by atoms with van der Waals surface area (Å²) < 4.78 is 4.87. The predicted molar refractivity (Wildman–Crippen MR) is 97.4 cm³/mol. The summed E-state index contributed by atoms with van der Waals surface area (Å²) in [6.07, 6.45) is 0. The average molecular weight is 374 g/mol. The number of nitrogens with zero attached hydrogens (tertiary/aromatic N) is 1. The van der Waals surface area contributed by atoms with Crippen molar-refractivity contribution in [1.82, 2.24) is 5.32 Å². The first-order valence-electron chi connectivity index (χ1n) is 7.87. The highest BCUT2D eigenvalue weighted by Crippen LogP contribution is 2.35. The predicted octanol–water partition coefficient (Wildman–Crippen LogP) is 3.35. The maximum Gasteiger partial charge on any atom is 0.338 e. The third-order valence-corrected chi connectivity index (χ3v) is 4.42. The summed E-state index contributed by atoms with van der Waals surface area (Å²) in [5.41, 5.74) is 0.923. The van der Waals surface area contributed by atoms with Gasteiger partial charge in [0.25, 0.3) is 11.6 Å². The van der Waals surface area contributed by atoms with Crippen LogP contribution < -0.4 is 5.32 Å². The van der Waals surface area contributed by atoms with Crippen molar-refractivity contribution in [2.75, 3.05) is 13.2 Å². The van der Waals surface area contributed by atoms with Crippen molar-refractivity contribution in [2.45, 2.75) is 23.6 Å². The van der Waals surface area contributed by atoms with Gasteiger partial charge in [-0.2, -0.15) is 0 Å². The second kappa shape index (κ2) is 9.00. The Bertz CT molecular complexity index is 821. The van der Waals surface area contributed by atoms with E-state index in [1.54, 1.807) is 6.92 Å². The summed E-state index contributed by atoms with van der Waals surface area (Å²) in [6.45, 7) is 3.69. The molecule has 0 saturated heterocycles. The molecule has 0 heterocycles. The number of hydrogen-bond acceptors (Lipinski definition) is 6.